The Morgan fingerprint density at radius 3 is 2.66 bits per heavy atom. The van der Waals surface area contributed by atoms with Gasteiger partial charge in [0.1, 0.15) is 15.7 Å². The van der Waals surface area contributed by atoms with Crippen molar-refractivity contribution in [1.82, 2.24) is 20.5 Å². The summed E-state index contributed by atoms with van der Waals surface area (Å²) >= 11 is 1.32. The highest BCUT2D eigenvalue weighted by Gasteiger charge is 2.20. The molecule has 0 amide bonds. The van der Waals surface area contributed by atoms with Crippen LogP contribution in [0.4, 0.5) is 4.39 Å². The van der Waals surface area contributed by atoms with Gasteiger partial charge in [0.15, 0.2) is 5.96 Å². The summed E-state index contributed by atoms with van der Waals surface area (Å²) < 4.78 is 18.8. The molecule has 10 heteroatoms. The number of aromatic nitrogens is 1. The van der Waals surface area contributed by atoms with E-state index in [0.717, 1.165) is 10.6 Å². The summed E-state index contributed by atoms with van der Waals surface area (Å²) in [7, 11) is 3.90. The quantitative estimate of drug-likeness (QED) is 0.200. The Balaban J connectivity index is 0.00000512. The number of likely N-dealkylation sites (N-methyl/N-ethyl adjacent to an activating group) is 1. The van der Waals surface area contributed by atoms with Gasteiger partial charge in [-0.3, -0.25) is 4.99 Å². The van der Waals surface area contributed by atoms with Gasteiger partial charge in [-0.25, -0.2) is 14.2 Å². The molecule has 7 nitrogen and oxygen atoms in total. The second-order valence-electron chi connectivity index (χ2n) is 7.31. The number of esters is 1. The zero-order valence-corrected chi connectivity index (χ0v) is 22.6. The summed E-state index contributed by atoms with van der Waals surface area (Å²) in [5.74, 6) is 0.0211. The van der Waals surface area contributed by atoms with Crippen LogP contribution in [-0.4, -0.2) is 55.6 Å². The number of carbonyl (C=O) groups excluding carboxylic acids is 1. The van der Waals surface area contributed by atoms with E-state index in [1.54, 1.807) is 26.0 Å². The Kier molecular flexibility index (Phi) is 12.1. The van der Waals surface area contributed by atoms with E-state index in [1.807, 2.05) is 38.9 Å². The molecular weight excluding hydrogens is 544 g/mol. The van der Waals surface area contributed by atoms with Crippen molar-refractivity contribution in [2.24, 2.45) is 4.99 Å². The van der Waals surface area contributed by atoms with Gasteiger partial charge in [-0.05, 0) is 59.5 Å². The van der Waals surface area contributed by atoms with Crippen molar-refractivity contribution < 1.29 is 13.9 Å². The van der Waals surface area contributed by atoms with Crippen LogP contribution in [0.15, 0.2) is 29.3 Å². The molecule has 32 heavy (non-hydrogen) atoms. The summed E-state index contributed by atoms with van der Waals surface area (Å²) in [6, 6.07) is 6.37. The average Bonchev–Trinajstić information content (AvgIpc) is 3.10. The molecule has 1 heterocycles. The van der Waals surface area contributed by atoms with E-state index in [2.05, 4.69) is 15.6 Å². The Morgan fingerprint density at radius 1 is 1.34 bits per heavy atom. The Bertz CT molecular complexity index is 906. The van der Waals surface area contributed by atoms with Crippen LogP contribution in [-0.2, 0) is 4.74 Å². The number of ether oxygens (including phenoxy) is 1. The van der Waals surface area contributed by atoms with Gasteiger partial charge in [0, 0.05) is 6.54 Å². The molecule has 2 aromatic rings. The maximum Gasteiger partial charge on any atom is 0.350 e. The molecule has 0 radical (unpaired) electrons. The molecule has 178 valence electrons. The number of nitrogens with one attached hydrogen (secondary N) is 2. The SMILES string of the molecule is CCNC(=NCC(c1cccc(F)c1)N(C)C)NC(C)c1nc(C)c(C(=O)OCC)s1.I. The first-order chi connectivity index (χ1) is 14.8. The van der Waals surface area contributed by atoms with Crippen LogP contribution in [0, 0.1) is 12.7 Å². The van der Waals surface area contributed by atoms with Gasteiger partial charge in [-0.1, -0.05) is 12.1 Å². The van der Waals surface area contributed by atoms with E-state index in [4.69, 9.17) is 9.73 Å². The first-order valence-electron chi connectivity index (χ1n) is 10.4. The Morgan fingerprint density at radius 2 is 2.06 bits per heavy atom. The van der Waals surface area contributed by atoms with Gasteiger partial charge in [0.05, 0.1) is 30.9 Å². The number of halogens is 2. The first-order valence-corrected chi connectivity index (χ1v) is 11.2. The first kappa shape index (κ1) is 28.2. The number of nitrogens with zero attached hydrogens (tertiary/aromatic N) is 3. The van der Waals surface area contributed by atoms with Crippen molar-refractivity contribution in [3.8, 4) is 0 Å². The lowest BCUT2D eigenvalue weighted by Gasteiger charge is -2.24. The minimum absolute atomic E-state index is 0. The molecular formula is C22H33FIN5O2S. The molecule has 0 aliphatic heterocycles. The molecule has 2 unspecified atom stereocenters. The van der Waals surface area contributed by atoms with Crippen molar-refractivity contribution in [2.45, 2.75) is 39.8 Å². The third kappa shape index (κ3) is 7.96. The van der Waals surface area contributed by atoms with E-state index in [-0.39, 0.29) is 47.8 Å². The van der Waals surface area contributed by atoms with Crippen molar-refractivity contribution in [3.05, 3.63) is 51.2 Å². The minimum Gasteiger partial charge on any atom is -0.462 e. The zero-order chi connectivity index (χ0) is 23.0. The Labute approximate surface area is 210 Å². The monoisotopic (exact) mass is 577 g/mol. The molecule has 2 atom stereocenters. The summed E-state index contributed by atoms with van der Waals surface area (Å²) in [6.45, 7) is 9.01. The molecule has 0 spiro atoms. The number of hydrogen-bond donors (Lipinski definition) is 2. The molecule has 1 aromatic heterocycles. The molecule has 2 rings (SSSR count). The number of rotatable bonds is 9. The van der Waals surface area contributed by atoms with Crippen molar-refractivity contribution in [2.75, 3.05) is 33.8 Å². The Hall–Kier alpha value is -1.79. The molecule has 0 fully saturated rings. The van der Waals surface area contributed by atoms with Crippen molar-refractivity contribution in [1.29, 1.82) is 0 Å². The normalized spacial score (nSPS) is 13.3. The largest absolute Gasteiger partial charge is 0.462 e. The fourth-order valence-electron chi connectivity index (χ4n) is 3.03. The van der Waals surface area contributed by atoms with Gasteiger partial charge >= 0.3 is 5.97 Å². The van der Waals surface area contributed by atoms with Gasteiger partial charge in [-0.15, -0.1) is 35.3 Å². The zero-order valence-electron chi connectivity index (χ0n) is 19.4. The van der Waals surface area contributed by atoms with Crippen LogP contribution in [0.3, 0.4) is 0 Å². The second kappa shape index (κ2) is 13.7. The van der Waals surface area contributed by atoms with E-state index < -0.39 is 0 Å². The molecule has 1 aromatic carbocycles. The number of aliphatic imine (C=N–C) groups is 1. The lowest BCUT2D eigenvalue weighted by molar-refractivity contribution is 0.0531. The van der Waals surface area contributed by atoms with Crippen molar-refractivity contribution >= 4 is 47.2 Å². The number of benzene rings is 1. The van der Waals surface area contributed by atoms with E-state index in [9.17, 15) is 9.18 Å². The molecule has 0 aliphatic carbocycles. The van der Waals surface area contributed by atoms with Crippen LogP contribution in [0.25, 0.3) is 0 Å². The highest BCUT2D eigenvalue weighted by Crippen LogP contribution is 2.24. The lowest BCUT2D eigenvalue weighted by atomic mass is 10.1. The summed E-state index contributed by atoms with van der Waals surface area (Å²) in [6.07, 6.45) is 0. The standard InChI is InChI=1S/C22H32FN5O2S.HI/c1-7-24-22(25-13-18(28(5)6)16-10-9-11-17(23)12-16)27-15(4)20-26-14(3)19(31-20)21(29)30-8-2;/h9-12,15,18H,7-8,13H2,1-6H3,(H2,24,25,27);1H. The third-order valence-corrected chi connectivity index (χ3v) is 5.94. The maximum absolute atomic E-state index is 13.7. The van der Waals surface area contributed by atoms with Crippen molar-refractivity contribution in [3.63, 3.8) is 0 Å². The topological polar surface area (TPSA) is 78.9 Å². The van der Waals surface area contributed by atoms with Crippen LogP contribution in [0.5, 0.6) is 0 Å². The van der Waals surface area contributed by atoms with Crippen LogP contribution < -0.4 is 10.6 Å². The number of guanidine groups is 1. The summed E-state index contributed by atoms with van der Waals surface area (Å²) in [4.78, 5) is 23.9. The second-order valence-corrected chi connectivity index (χ2v) is 8.34. The molecule has 2 N–H and O–H groups in total. The fraction of sp³-hybridized carbons (Fsp3) is 0.500. The highest BCUT2D eigenvalue weighted by atomic mass is 127. The van der Waals surface area contributed by atoms with Gasteiger partial charge in [-0.2, -0.15) is 0 Å². The summed E-state index contributed by atoms with van der Waals surface area (Å²) in [5, 5.41) is 7.36. The van der Waals surface area contributed by atoms with Gasteiger partial charge < -0.3 is 20.3 Å². The summed E-state index contributed by atoms with van der Waals surface area (Å²) in [5.41, 5.74) is 1.53. The smallest absolute Gasteiger partial charge is 0.350 e. The number of thiazole rings is 1. The molecule has 0 aliphatic rings. The van der Waals surface area contributed by atoms with Crippen LogP contribution in [0.1, 0.15) is 58.8 Å². The van der Waals surface area contributed by atoms with Gasteiger partial charge in [0.2, 0.25) is 0 Å². The molecule has 0 saturated carbocycles. The predicted molar refractivity (Wildman–Crippen MR) is 139 cm³/mol. The maximum atomic E-state index is 13.7. The molecule has 0 bridgehead atoms. The van der Waals surface area contributed by atoms with E-state index in [1.165, 1.54) is 17.4 Å². The van der Waals surface area contributed by atoms with Crippen LogP contribution >= 0.6 is 35.3 Å². The number of aryl methyl sites for hydroxylation is 1. The molecule has 0 saturated heterocycles. The number of carbonyl (C=O) groups is 1. The average molecular weight is 578 g/mol. The fourth-order valence-corrected chi connectivity index (χ4v) is 4.00. The number of hydrogen-bond acceptors (Lipinski definition) is 6. The third-order valence-electron chi connectivity index (χ3n) is 4.62. The van der Waals surface area contributed by atoms with Gasteiger partial charge in [0.25, 0.3) is 0 Å². The van der Waals surface area contributed by atoms with E-state index in [0.29, 0.717) is 36.2 Å². The minimum atomic E-state index is -0.347. The van der Waals surface area contributed by atoms with Crippen LogP contribution in [0.2, 0.25) is 0 Å². The van der Waals surface area contributed by atoms with E-state index >= 15 is 0 Å². The predicted octanol–water partition coefficient (Wildman–Crippen LogP) is 4.30. The highest BCUT2D eigenvalue weighted by molar-refractivity contribution is 14.0. The lowest BCUT2D eigenvalue weighted by Crippen LogP contribution is -2.39.